The third-order valence-corrected chi connectivity index (χ3v) is 4.27. The van der Waals surface area contributed by atoms with Crippen LogP contribution in [-0.2, 0) is 21.2 Å². The van der Waals surface area contributed by atoms with E-state index in [1.165, 1.54) is 7.05 Å². The van der Waals surface area contributed by atoms with Gasteiger partial charge in [-0.25, -0.2) is 13.1 Å². The molecule has 0 aliphatic carbocycles. The lowest BCUT2D eigenvalue weighted by atomic mass is 10.1. The van der Waals surface area contributed by atoms with Crippen LogP contribution in [0.4, 0.5) is 0 Å². The summed E-state index contributed by atoms with van der Waals surface area (Å²) in [7, 11) is -1.97. The van der Waals surface area contributed by atoms with Crippen molar-refractivity contribution in [1.29, 1.82) is 0 Å². The van der Waals surface area contributed by atoms with Gasteiger partial charge >= 0.3 is 0 Å². The zero-order valence-electron chi connectivity index (χ0n) is 11.5. The van der Waals surface area contributed by atoms with Gasteiger partial charge in [-0.15, -0.1) is 0 Å². The summed E-state index contributed by atoms with van der Waals surface area (Å²) in [6.45, 7) is 0.0566. The Kier molecular flexibility index (Phi) is 6.63. The van der Waals surface area contributed by atoms with Crippen LogP contribution >= 0.6 is 0 Å². The van der Waals surface area contributed by atoms with E-state index < -0.39 is 16.1 Å². The van der Waals surface area contributed by atoms with Gasteiger partial charge in [-0.1, -0.05) is 30.3 Å². The topological polar surface area (TPSA) is 101 Å². The Bertz CT molecular complexity index is 517. The summed E-state index contributed by atoms with van der Waals surface area (Å²) in [5, 5.41) is 2.53. The molecule has 112 valence electrons. The van der Waals surface area contributed by atoms with Gasteiger partial charge in [-0.05, 0) is 25.5 Å². The molecule has 1 atom stereocenters. The standard InChI is InChI=1S/C13H21N3O3S/c1-15-20(18,19)10-9-16-13(17)12(14)8-7-11-5-3-2-4-6-11/h2-6,12,15H,7-10,14H2,1H3,(H,16,17). The molecule has 0 heterocycles. The average Bonchev–Trinajstić information content (AvgIpc) is 2.45. The van der Waals surface area contributed by atoms with Gasteiger partial charge in [0.15, 0.2) is 0 Å². The summed E-state index contributed by atoms with van der Waals surface area (Å²) in [6, 6.07) is 9.12. The second kappa shape index (κ2) is 7.98. The number of hydrogen-bond acceptors (Lipinski definition) is 4. The van der Waals surface area contributed by atoms with Crippen LogP contribution in [-0.4, -0.2) is 39.7 Å². The van der Waals surface area contributed by atoms with Gasteiger partial charge in [0.1, 0.15) is 0 Å². The second-order valence-electron chi connectivity index (χ2n) is 4.44. The highest BCUT2D eigenvalue weighted by molar-refractivity contribution is 7.89. The maximum Gasteiger partial charge on any atom is 0.236 e. The molecular weight excluding hydrogens is 278 g/mol. The van der Waals surface area contributed by atoms with Crippen LogP contribution in [0.2, 0.25) is 0 Å². The van der Waals surface area contributed by atoms with Gasteiger partial charge in [0, 0.05) is 6.54 Å². The smallest absolute Gasteiger partial charge is 0.236 e. The van der Waals surface area contributed by atoms with Crippen molar-refractivity contribution in [2.24, 2.45) is 5.73 Å². The molecule has 0 saturated carbocycles. The molecule has 7 heteroatoms. The lowest BCUT2D eigenvalue weighted by molar-refractivity contribution is -0.122. The predicted molar refractivity (Wildman–Crippen MR) is 78.6 cm³/mol. The van der Waals surface area contributed by atoms with Crippen molar-refractivity contribution < 1.29 is 13.2 Å². The van der Waals surface area contributed by atoms with Crippen LogP contribution in [0.5, 0.6) is 0 Å². The third-order valence-electron chi connectivity index (χ3n) is 2.90. The van der Waals surface area contributed by atoms with Crippen LogP contribution in [0, 0.1) is 0 Å². The second-order valence-corrected chi connectivity index (χ2v) is 6.49. The molecule has 0 radical (unpaired) electrons. The molecule has 0 aliphatic heterocycles. The van der Waals surface area contributed by atoms with Gasteiger partial charge in [-0.2, -0.15) is 0 Å². The minimum absolute atomic E-state index is 0.0566. The number of benzene rings is 1. The highest BCUT2D eigenvalue weighted by Crippen LogP contribution is 2.03. The van der Waals surface area contributed by atoms with Gasteiger partial charge in [0.25, 0.3) is 0 Å². The number of rotatable bonds is 8. The van der Waals surface area contributed by atoms with Gasteiger partial charge in [-0.3, -0.25) is 4.79 Å². The van der Waals surface area contributed by atoms with E-state index in [9.17, 15) is 13.2 Å². The molecule has 0 bridgehead atoms. The molecule has 1 unspecified atom stereocenters. The minimum atomic E-state index is -3.30. The van der Waals surface area contributed by atoms with E-state index in [4.69, 9.17) is 5.73 Å². The van der Waals surface area contributed by atoms with Crippen LogP contribution in [0.1, 0.15) is 12.0 Å². The summed E-state index contributed by atoms with van der Waals surface area (Å²) in [5.41, 5.74) is 6.89. The molecule has 20 heavy (non-hydrogen) atoms. The predicted octanol–water partition coefficient (Wildman–Crippen LogP) is -0.388. The fraction of sp³-hybridized carbons (Fsp3) is 0.462. The largest absolute Gasteiger partial charge is 0.354 e. The quantitative estimate of drug-likeness (QED) is 0.608. The molecule has 1 rings (SSSR count). The first-order chi connectivity index (χ1) is 9.44. The van der Waals surface area contributed by atoms with Crippen LogP contribution < -0.4 is 15.8 Å². The number of hydrogen-bond donors (Lipinski definition) is 3. The average molecular weight is 299 g/mol. The molecule has 1 aromatic carbocycles. The Morgan fingerprint density at radius 3 is 2.55 bits per heavy atom. The molecule has 1 aromatic rings. The SMILES string of the molecule is CNS(=O)(=O)CCNC(=O)C(N)CCc1ccccc1. The zero-order valence-corrected chi connectivity index (χ0v) is 12.3. The van der Waals surface area contributed by atoms with E-state index >= 15 is 0 Å². The highest BCUT2D eigenvalue weighted by atomic mass is 32.2. The number of carbonyl (C=O) groups is 1. The van der Waals surface area contributed by atoms with Crippen LogP contribution in [0.15, 0.2) is 30.3 Å². The van der Waals surface area contributed by atoms with Crippen LogP contribution in [0.25, 0.3) is 0 Å². The normalized spacial score (nSPS) is 12.9. The monoisotopic (exact) mass is 299 g/mol. The summed E-state index contributed by atoms with van der Waals surface area (Å²) in [6.07, 6.45) is 1.23. The summed E-state index contributed by atoms with van der Waals surface area (Å²) in [4.78, 5) is 11.7. The molecule has 4 N–H and O–H groups in total. The maximum atomic E-state index is 11.7. The van der Waals surface area contributed by atoms with Crippen molar-refractivity contribution in [2.75, 3.05) is 19.3 Å². The van der Waals surface area contributed by atoms with Crippen molar-refractivity contribution in [2.45, 2.75) is 18.9 Å². The van der Waals surface area contributed by atoms with Crippen molar-refractivity contribution in [1.82, 2.24) is 10.0 Å². The number of sulfonamides is 1. The molecule has 0 aromatic heterocycles. The summed E-state index contributed by atoms with van der Waals surface area (Å²) >= 11 is 0. The van der Waals surface area contributed by atoms with Crippen LogP contribution in [0.3, 0.4) is 0 Å². The Morgan fingerprint density at radius 2 is 1.95 bits per heavy atom. The fourth-order valence-electron chi connectivity index (χ4n) is 1.64. The van der Waals surface area contributed by atoms with E-state index in [2.05, 4.69) is 10.0 Å². The van der Waals surface area contributed by atoms with Crippen molar-refractivity contribution >= 4 is 15.9 Å². The molecule has 1 amide bonds. The lowest BCUT2D eigenvalue weighted by Gasteiger charge is -2.12. The highest BCUT2D eigenvalue weighted by Gasteiger charge is 2.14. The number of aryl methyl sites for hydroxylation is 1. The first-order valence-corrected chi connectivity index (χ1v) is 8.08. The van der Waals surface area contributed by atoms with Crippen molar-refractivity contribution in [3.05, 3.63) is 35.9 Å². The Hall–Kier alpha value is -1.44. The van der Waals surface area contributed by atoms with Gasteiger partial charge in [0.05, 0.1) is 11.8 Å². The molecule has 6 nitrogen and oxygen atoms in total. The first kappa shape index (κ1) is 16.6. The molecule has 0 fully saturated rings. The Morgan fingerprint density at radius 1 is 1.30 bits per heavy atom. The van der Waals surface area contributed by atoms with E-state index in [0.717, 1.165) is 5.56 Å². The summed E-state index contributed by atoms with van der Waals surface area (Å²) in [5.74, 6) is -0.479. The van der Waals surface area contributed by atoms with Crippen molar-refractivity contribution in [3.63, 3.8) is 0 Å². The number of nitrogens with one attached hydrogen (secondary N) is 2. The number of carbonyl (C=O) groups excluding carboxylic acids is 1. The van der Waals surface area contributed by atoms with E-state index in [0.29, 0.717) is 12.8 Å². The third kappa shape index (κ3) is 6.14. The number of amides is 1. The molecular formula is C13H21N3O3S. The lowest BCUT2D eigenvalue weighted by Crippen LogP contribution is -2.43. The van der Waals surface area contributed by atoms with Gasteiger partial charge < -0.3 is 11.1 Å². The van der Waals surface area contributed by atoms with E-state index in [-0.39, 0.29) is 18.2 Å². The molecule has 0 saturated heterocycles. The zero-order chi connectivity index (χ0) is 15.0. The Balaban J connectivity index is 2.29. The summed E-state index contributed by atoms with van der Waals surface area (Å²) < 4.78 is 24.5. The van der Waals surface area contributed by atoms with E-state index in [1.807, 2.05) is 30.3 Å². The fourth-order valence-corrected chi connectivity index (χ4v) is 2.21. The molecule has 0 spiro atoms. The number of nitrogens with two attached hydrogens (primary N) is 1. The maximum absolute atomic E-state index is 11.7. The van der Waals surface area contributed by atoms with E-state index in [1.54, 1.807) is 0 Å². The van der Waals surface area contributed by atoms with Crippen molar-refractivity contribution in [3.8, 4) is 0 Å². The first-order valence-electron chi connectivity index (χ1n) is 6.43. The molecule has 0 aliphatic rings. The van der Waals surface area contributed by atoms with Gasteiger partial charge in [0.2, 0.25) is 15.9 Å². The Labute approximate surface area is 119 Å². The minimum Gasteiger partial charge on any atom is -0.354 e.